The smallest absolute Gasteiger partial charge is 0.242 e. The Kier molecular flexibility index (Phi) is 4.95. The lowest BCUT2D eigenvalue weighted by molar-refractivity contribution is 0.281. The van der Waals surface area contributed by atoms with E-state index in [1.54, 1.807) is 19.1 Å². The fraction of sp³-hybridized carbons (Fsp3) is 0.231. The van der Waals surface area contributed by atoms with Crippen LogP contribution >= 0.6 is 23.2 Å². The number of furan rings is 1. The number of benzene rings is 1. The van der Waals surface area contributed by atoms with Gasteiger partial charge in [-0.3, -0.25) is 0 Å². The number of aliphatic hydroxyl groups is 1. The molecule has 1 aromatic carbocycles. The van der Waals surface area contributed by atoms with Crippen LogP contribution in [0.2, 0.25) is 10.0 Å². The van der Waals surface area contributed by atoms with Gasteiger partial charge in [-0.05, 0) is 36.8 Å². The van der Waals surface area contributed by atoms with Crippen molar-refractivity contribution in [2.24, 2.45) is 0 Å². The van der Waals surface area contributed by atoms with Gasteiger partial charge < -0.3 is 9.52 Å². The van der Waals surface area contributed by atoms with E-state index in [-0.39, 0.29) is 27.1 Å². The standard InChI is InChI=1S/C13H13Cl2NO4S/c1-8(12-3-2-4-20-12)16-21(18,19)13-5-9(7-17)10(14)6-11(13)15/h2-6,8,16-17H,7H2,1H3. The molecule has 0 radical (unpaired) electrons. The maximum Gasteiger partial charge on any atom is 0.242 e. The second-order valence-corrected chi connectivity index (χ2v) is 6.89. The SMILES string of the molecule is CC(NS(=O)(=O)c1cc(CO)c(Cl)cc1Cl)c1ccco1. The third-order valence-corrected chi connectivity index (χ3v) is 5.22. The largest absolute Gasteiger partial charge is 0.468 e. The highest BCUT2D eigenvalue weighted by Crippen LogP contribution is 2.29. The number of hydrogen-bond donors (Lipinski definition) is 2. The first-order chi connectivity index (χ1) is 9.85. The summed E-state index contributed by atoms with van der Waals surface area (Å²) in [6.45, 7) is 1.26. The lowest BCUT2D eigenvalue weighted by atomic mass is 10.2. The van der Waals surface area contributed by atoms with Gasteiger partial charge in [-0.25, -0.2) is 13.1 Å². The van der Waals surface area contributed by atoms with E-state index >= 15 is 0 Å². The molecular formula is C13H13Cl2NO4S. The Bertz CT molecular complexity index is 729. The van der Waals surface area contributed by atoms with E-state index < -0.39 is 16.1 Å². The van der Waals surface area contributed by atoms with Crippen LogP contribution in [0.1, 0.15) is 24.3 Å². The molecule has 0 aliphatic carbocycles. The molecule has 2 N–H and O–H groups in total. The van der Waals surface area contributed by atoms with Crippen molar-refractivity contribution in [3.05, 3.63) is 51.9 Å². The first kappa shape index (κ1) is 16.3. The van der Waals surface area contributed by atoms with Crippen molar-refractivity contribution in [2.75, 3.05) is 0 Å². The van der Waals surface area contributed by atoms with Gasteiger partial charge in [0.25, 0.3) is 0 Å². The molecule has 2 rings (SSSR count). The Labute approximate surface area is 132 Å². The molecule has 2 aromatic rings. The van der Waals surface area contributed by atoms with E-state index in [1.807, 2.05) is 0 Å². The highest BCUT2D eigenvalue weighted by molar-refractivity contribution is 7.89. The minimum atomic E-state index is -3.88. The number of hydrogen-bond acceptors (Lipinski definition) is 4. The van der Waals surface area contributed by atoms with Gasteiger partial charge in [-0.1, -0.05) is 23.2 Å². The number of halogens is 2. The molecule has 8 heteroatoms. The Hall–Kier alpha value is -1.05. The van der Waals surface area contributed by atoms with Crippen LogP contribution in [-0.4, -0.2) is 13.5 Å². The molecule has 1 heterocycles. The lowest BCUT2D eigenvalue weighted by Gasteiger charge is -2.14. The molecule has 0 aliphatic heterocycles. The molecule has 1 aromatic heterocycles. The molecule has 0 saturated heterocycles. The molecule has 0 saturated carbocycles. The van der Waals surface area contributed by atoms with Crippen molar-refractivity contribution in [2.45, 2.75) is 24.5 Å². The molecule has 114 valence electrons. The molecule has 5 nitrogen and oxygen atoms in total. The van der Waals surface area contributed by atoms with Crippen molar-refractivity contribution in [3.8, 4) is 0 Å². The Morgan fingerprint density at radius 3 is 2.62 bits per heavy atom. The fourth-order valence-corrected chi connectivity index (χ4v) is 3.86. The Balaban J connectivity index is 2.36. The summed E-state index contributed by atoms with van der Waals surface area (Å²) in [5, 5.41) is 9.37. The molecule has 1 atom stereocenters. The van der Waals surface area contributed by atoms with Gasteiger partial charge >= 0.3 is 0 Å². The molecule has 0 bridgehead atoms. The molecule has 0 spiro atoms. The maximum absolute atomic E-state index is 12.4. The highest BCUT2D eigenvalue weighted by atomic mass is 35.5. The van der Waals surface area contributed by atoms with Gasteiger partial charge in [0.05, 0.1) is 23.9 Å². The van der Waals surface area contributed by atoms with E-state index in [1.165, 1.54) is 18.4 Å². The van der Waals surface area contributed by atoms with Crippen molar-refractivity contribution < 1.29 is 17.9 Å². The minimum Gasteiger partial charge on any atom is -0.468 e. The minimum absolute atomic E-state index is 0.0173. The van der Waals surface area contributed by atoms with Crippen LogP contribution in [0.5, 0.6) is 0 Å². The number of sulfonamides is 1. The third-order valence-electron chi connectivity index (χ3n) is 2.86. The van der Waals surface area contributed by atoms with Gasteiger partial charge in [-0.2, -0.15) is 0 Å². The summed E-state index contributed by atoms with van der Waals surface area (Å²) in [6.07, 6.45) is 1.46. The summed E-state index contributed by atoms with van der Waals surface area (Å²) < 4.78 is 32.4. The van der Waals surface area contributed by atoms with E-state index in [9.17, 15) is 13.5 Å². The van der Waals surface area contributed by atoms with Gasteiger partial charge in [0.2, 0.25) is 10.0 Å². The van der Waals surface area contributed by atoms with E-state index in [0.717, 1.165) is 0 Å². The van der Waals surface area contributed by atoms with E-state index in [4.69, 9.17) is 27.6 Å². The van der Waals surface area contributed by atoms with Gasteiger partial charge in [0, 0.05) is 5.02 Å². The summed E-state index contributed by atoms with van der Waals surface area (Å²) in [4.78, 5) is -0.143. The summed E-state index contributed by atoms with van der Waals surface area (Å²) in [5.41, 5.74) is 0.284. The lowest BCUT2D eigenvalue weighted by Crippen LogP contribution is -2.27. The zero-order chi connectivity index (χ0) is 15.6. The summed E-state index contributed by atoms with van der Waals surface area (Å²) >= 11 is 11.8. The Morgan fingerprint density at radius 2 is 2.05 bits per heavy atom. The topological polar surface area (TPSA) is 79.5 Å². The van der Waals surface area contributed by atoms with Crippen LogP contribution in [0.25, 0.3) is 0 Å². The van der Waals surface area contributed by atoms with Crippen molar-refractivity contribution in [1.29, 1.82) is 0 Å². The average molecular weight is 350 g/mol. The third kappa shape index (κ3) is 3.59. The maximum atomic E-state index is 12.4. The monoisotopic (exact) mass is 349 g/mol. The quantitative estimate of drug-likeness (QED) is 0.868. The number of rotatable bonds is 5. The van der Waals surface area contributed by atoms with Crippen molar-refractivity contribution >= 4 is 33.2 Å². The van der Waals surface area contributed by atoms with E-state index in [2.05, 4.69) is 4.72 Å². The van der Waals surface area contributed by atoms with Gasteiger partial charge in [0.1, 0.15) is 10.7 Å². The normalized spacial score (nSPS) is 13.3. The predicted octanol–water partition coefficient (Wildman–Crippen LogP) is 3.12. The van der Waals surface area contributed by atoms with Crippen LogP contribution in [0, 0.1) is 0 Å². The van der Waals surface area contributed by atoms with Gasteiger partial charge in [-0.15, -0.1) is 0 Å². The first-order valence-corrected chi connectivity index (χ1v) is 8.23. The van der Waals surface area contributed by atoms with Crippen LogP contribution in [0.4, 0.5) is 0 Å². The molecule has 0 amide bonds. The van der Waals surface area contributed by atoms with Crippen molar-refractivity contribution in [1.82, 2.24) is 4.72 Å². The number of nitrogens with one attached hydrogen (secondary N) is 1. The average Bonchev–Trinajstić information content (AvgIpc) is 2.91. The second-order valence-electron chi connectivity index (χ2n) is 4.39. The highest BCUT2D eigenvalue weighted by Gasteiger charge is 2.23. The second kappa shape index (κ2) is 6.37. The zero-order valence-corrected chi connectivity index (χ0v) is 13.3. The molecular weight excluding hydrogens is 337 g/mol. The molecule has 0 aliphatic rings. The van der Waals surface area contributed by atoms with Crippen LogP contribution in [-0.2, 0) is 16.6 Å². The summed E-state index contributed by atoms with van der Waals surface area (Å²) in [6, 6.07) is 5.31. The van der Waals surface area contributed by atoms with E-state index in [0.29, 0.717) is 5.76 Å². The zero-order valence-electron chi connectivity index (χ0n) is 11.0. The van der Waals surface area contributed by atoms with Crippen LogP contribution in [0.15, 0.2) is 39.8 Å². The molecule has 0 fully saturated rings. The number of aliphatic hydroxyl groups excluding tert-OH is 1. The summed E-state index contributed by atoms with van der Waals surface area (Å²) in [7, 11) is -3.88. The van der Waals surface area contributed by atoms with Crippen LogP contribution in [0.3, 0.4) is 0 Å². The van der Waals surface area contributed by atoms with Crippen molar-refractivity contribution in [3.63, 3.8) is 0 Å². The summed E-state index contributed by atoms with van der Waals surface area (Å²) in [5.74, 6) is 0.478. The molecule has 1 unspecified atom stereocenters. The predicted molar refractivity (Wildman–Crippen MR) is 79.8 cm³/mol. The fourth-order valence-electron chi connectivity index (χ4n) is 1.79. The first-order valence-electron chi connectivity index (χ1n) is 5.99. The van der Waals surface area contributed by atoms with Crippen LogP contribution < -0.4 is 4.72 Å². The van der Waals surface area contributed by atoms with Gasteiger partial charge in [0.15, 0.2) is 0 Å². The molecule has 21 heavy (non-hydrogen) atoms. The Morgan fingerprint density at radius 1 is 1.33 bits per heavy atom.